The maximum Gasteiger partial charge on any atom is 0.472 e. The zero-order chi connectivity index (χ0) is 39.8. The van der Waals surface area contributed by atoms with Crippen molar-refractivity contribution < 1.29 is 42.7 Å². The number of unbranched alkanes of at least 4 members (excludes halogenated alkanes) is 17. The molecule has 314 valence electrons. The molecular weight excluding hydrogens is 705 g/mol. The summed E-state index contributed by atoms with van der Waals surface area (Å²) in [4.78, 5) is 34.8. The van der Waals surface area contributed by atoms with E-state index in [1.807, 2.05) is 12.2 Å². The smallest absolute Gasteiger partial charge is 0.462 e. The van der Waals surface area contributed by atoms with Crippen molar-refractivity contribution in [3.63, 3.8) is 0 Å². The van der Waals surface area contributed by atoms with Gasteiger partial charge in [-0.05, 0) is 64.2 Å². The molecule has 0 aromatic rings. The fourth-order valence-electron chi connectivity index (χ4n) is 5.58. The number of ether oxygens (including phenoxy) is 2. The maximum atomic E-state index is 12.6. The van der Waals surface area contributed by atoms with Crippen LogP contribution in [-0.4, -0.2) is 60.5 Å². The molecule has 11 heteroatoms. The van der Waals surface area contributed by atoms with Gasteiger partial charge in [0.15, 0.2) is 6.10 Å². The molecule has 0 aliphatic rings. The van der Waals surface area contributed by atoms with E-state index in [1.165, 1.54) is 89.9 Å². The quantitative estimate of drug-likeness (QED) is 0.0180. The van der Waals surface area contributed by atoms with Crippen molar-refractivity contribution >= 4 is 19.8 Å². The minimum Gasteiger partial charge on any atom is -0.462 e. The Morgan fingerprint density at radius 1 is 0.648 bits per heavy atom. The monoisotopic (exact) mass is 784 g/mol. The molecule has 0 fully saturated rings. The summed E-state index contributed by atoms with van der Waals surface area (Å²) in [7, 11) is -4.42. The largest absolute Gasteiger partial charge is 0.472 e. The molecule has 0 amide bonds. The lowest BCUT2D eigenvalue weighted by atomic mass is 10.1. The molecule has 3 atom stereocenters. The first-order valence-electron chi connectivity index (χ1n) is 21.2. The average molecular weight is 784 g/mol. The van der Waals surface area contributed by atoms with Gasteiger partial charge < -0.3 is 25.2 Å². The van der Waals surface area contributed by atoms with Gasteiger partial charge >= 0.3 is 19.8 Å². The molecule has 2 unspecified atom stereocenters. The third-order valence-electron chi connectivity index (χ3n) is 8.79. The first-order chi connectivity index (χ1) is 26.2. The highest BCUT2D eigenvalue weighted by Crippen LogP contribution is 2.43. The van der Waals surface area contributed by atoms with Gasteiger partial charge in [-0.25, -0.2) is 4.57 Å². The van der Waals surface area contributed by atoms with E-state index < -0.39 is 38.6 Å². The van der Waals surface area contributed by atoms with Crippen molar-refractivity contribution in [2.24, 2.45) is 5.73 Å². The Morgan fingerprint density at radius 2 is 1.19 bits per heavy atom. The van der Waals surface area contributed by atoms with Crippen LogP contribution < -0.4 is 5.73 Å². The Kier molecular flexibility index (Phi) is 37.7. The number of esters is 2. The predicted octanol–water partition coefficient (Wildman–Crippen LogP) is 10.9. The summed E-state index contributed by atoms with van der Waals surface area (Å²) in [5, 5.41) is 10.2. The molecule has 0 saturated heterocycles. The van der Waals surface area contributed by atoms with Crippen molar-refractivity contribution in [1.29, 1.82) is 0 Å². The number of carbonyl (C=O) groups excluding carboxylic acids is 2. The summed E-state index contributed by atoms with van der Waals surface area (Å²) in [6.07, 6.45) is 40.3. The Labute approximate surface area is 329 Å². The van der Waals surface area contributed by atoms with Crippen molar-refractivity contribution in [2.75, 3.05) is 26.4 Å². The molecule has 0 rings (SSSR count). The second kappa shape index (κ2) is 39.2. The molecule has 10 nitrogen and oxygen atoms in total. The van der Waals surface area contributed by atoms with Crippen LogP contribution in [0.4, 0.5) is 0 Å². The number of phosphoric ester groups is 1. The van der Waals surface area contributed by atoms with Crippen LogP contribution in [0.2, 0.25) is 0 Å². The Balaban J connectivity index is 4.36. The maximum absolute atomic E-state index is 12.6. The molecule has 4 N–H and O–H groups in total. The van der Waals surface area contributed by atoms with Gasteiger partial charge in [0.2, 0.25) is 0 Å². The number of nitrogens with two attached hydrogens (primary N) is 1. The van der Waals surface area contributed by atoms with Crippen molar-refractivity contribution in [3.05, 3.63) is 48.6 Å². The van der Waals surface area contributed by atoms with E-state index in [1.54, 1.807) is 12.2 Å². The minimum atomic E-state index is -4.42. The van der Waals surface area contributed by atoms with E-state index in [0.717, 1.165) is 38.5 Å². The van der Waals surface area contributed by atoms with Crippen LogP contribution in [-0.2, 0) is 32.7 Å². The van der Waals surface area contributed by atoms with Gasteiger partial charge in [0.25, 0.3) is 0 Å². The normalized spacial score (nSPS) is 14.4. The fourth-order valence-corrected chi connectivity index (χ4v) is 6.34. The summed E-state index contributed by atoms with van der Waals surface area (Å²) in [5.74, 6) is -1.03. The summed E-state index contributed by atoms with van der Waals surface area (Å²) in [6, 6.07) is 0. The first kappa shape index (κ1) is 51.9. The van der Waals surface area contributed by atoms with E-state index in [2.05, 4.69) is 38.2 Å². The highest BCUT2D eigenvalue weighted by Gasteiger charge is 2.26. The van der Waals surface area contributed by atoms with Crippen molar-refractivity contribution in [2.45, 2.75) is 187 Å². The predicted molar refractivity (Wildman–Crippen MR) is 221 cm³/mol. The molecule has 0 saturated carbocycles. The van der Waals surface area contributed by atoms with Crippen molar-refractivity contribution in [1.82, 2.24) is 0 Å². The van der Waals surface area contributed by atoms with E-state index in [9.17, 15) is 24.2 Å². The molecule has 0 bridgehead atoms. The van der Waals surface area contributed by atoms with E-state index in [4.69, 9.17) is 24.3 Å². The van der Waals surface area contributed by atoms with Crippen LogP contribution in [0.1, 0.15) is 174 Å². The number of hydrogen-bond donors (Lipinski definition) is 3. The lowest BCUT2D eigenvalue weighted by Gasteiger charge is -2.20. The second-order valence-electron chi connectivity index (χ2n) is 14.1. The average Bonchev–Trinajstić information content (AvgIpc) is 3.15. The van der Waals surface area contributed by atoms with E-state index in [-0.39, 0.29) is 32.6 Å². The minimum absolute atomic E-state index is 0.0265. The van der Waals surface area contributed by atoms with Crippen LogP contribution in [0.25, 0.3) is 0 Å². The molecule has 0 aliphatic heterocycles. The standard InChI is InChI=1S/C43H78NO9P/c1-3-5-7-9-11-13-15-17-18-20-22-24-26-28-30-34-43(47)53-41(39-52-54(48,49)51-37-36-44)38-50-42(46)35-31-33-40(45)32-29-27-25-23-21-19-16-14-12-10-8-6-4-2/h13,15,19,21,25,27,29,32,40-41,45H,3-12,14,16-18,20,22-24,26,28,30-31,33-39,44H2,1-2H3,(H,48,49)/b15-13-,21-19+,27-25+,32-29+/t40?,41-/m1/s1. The molecule has 0 aliphatic carbocycles. The van der Waals surface area contributed by atoms with Crippen LogP contribution in [0, 0.1) is 0 Å². The van der Waals surface area contributed by atoms with Gasteiger partial charge in [-0.1, -0.05) is 146 Å². The van der Waals surface area contributed by atoms with Crippen molar-refractivity contribution in [3.8, 4) is 0 Å². The number of aliphatic hydroxyl groups is 1. The van der Waals surface area contributed by atoms with Crippen LogP contribution in [0.15, 0.2) is 48.6 Å². The SMILES string of the molecule is CCCCCC/C=C\CCCCCCCCCC(=O)O[C@H](COC(=O)CCCC(O)/C=C/C=C/C/C=C/CCCCCCCC)COP(=O)(O)OCCN. The second-order valence-corrected chi connectivity index (χ2v) is 15.5. The number of aliphatic hydroxyl groups excluding tert-OH is 1. The molecular formula is C43H78NO9P. The Morgan fingerprint density at radius 3 is 1.80 bits per heavy atom. The third kappa shape index (κ3) is 38.2. The van der Waals surface area contributed by atoms with Gasteiger partial charge in [0.05, 0.1) is 19.3 Å². The fraction of sp³-hybridized carbons (Fsp3) is 0.767. The number of phosphoric acid groups is 1. The van der Waals surface area contributed by atoms with E-state index >= 15 is 0 Å². The van der Waals surface area contributed by atoms with Gasteiger partial charge in [-0.15, -0.1) is 0 Å². The first-order valence-corrected chi connectivity index (χ1v) is 22.7. The summed E-state index contributed by atoms with van der Waals surface area (Å²) < 4.78 is 32.6. The molecule has 0 radical (unpaired) electrons. The van der Waals surface area contributed by atoms with Gasteiger partial charge in [0, 0.05) is 19.4 Å². The third-order valence-corrected chi connectivity index (χ3v) is 9.78. The Bertz CT molecular complexity index is 1050. The summed E-state index contributed by atoms with van der Waals surface area (Å²) in [5.41, 5.74) is 5.33. The number of rotatable bonds is 39. The molecule has 0 aromatic heterocycles. The topological polar surface area (TPSA) is 155 Å². The zero-order valence-electron chi connectivity index (χ0n) is 34.1. The molecule has 54 heavy (non-hydrogen) atoms. The van der Waals surface area contributed by atoms with E-state index in [0.29, 0.717) is 19.3 Å². The van der Waals surface area contributed by atoms with Gasteiger partial charge in [-0.3, -0.25) is 18.6 Å². The zero-order valence-corrected chi connectivity index (χ0v) is 35.0. The van der Waals surface area contributed by atoms with Crippen LogP contribution in [0.3, 0.4) is 0 Å². The summed E-state index contributed by atoms with van der Waals surface area (Å²) in [6.45, 7) is 3.48. The van der Waals surface area contributed by atoms with Gasteiger partial charge in [-0.2, -0.15) is 0 Å². The van der Waals surface area contributed by atoms with Gasteiger partial charge in [0.1, 0.15) is 6.61 Å². The summed E-state index contributed by atoms with van der Waals surface area (Å²) >= 11 is 0. The lowest BCUT2D eigenvalue weighted by Crippen LogP contribution is -2.29. The number of allylic oxidation sites excluding steroid dienone is 7. The highest BCUT2D eigenvalue weighted by atomic mass is 31.2. The lowest BCUT2D eigenvalue weighted by molar-refractivity contribution is -0.161. The molecule has 0 spiro atoms. The number of hydrogen-bond acceptors (Lipinski definition) is 9. The molecule has 0 heterocycles. The number of carbonyl (C=O) groups is 2. The van der Waals surface area contributed by atoms with Crippen LogP contribution >= 0.6 is 7.82 Å². The highest BCUT2D eigenvalue weighted by molar-refractivity contribution is 7.47. The van der Waals surface area contributed by atoms with Crippen LogP contribution in [0.5, 0.6) is 0 Å². The molecule has 0 aromatic carbocycles. The Hall–Kier alpha value is -2.07.